The smallest absolute Gasteiger partial charge is 0.407 e. The first-order chi connectivity index (χ1) is 6.61. The number of hydrogen-bond acceptors (Lipinski definition) is 2. The van der Waals surface area contributed by atoms with Crippen LogP contribution in [0.15, 0.2) is 0 Å². The molecule has 0 radical (unpaired) electrons. The number of hydrogen-bond donors (Lipinski definition) is 1. The normalized spacial score (nSPS) is 37.4. The summed E-state index contributed by atoms with van der Waals surface area (Å²) in [6.07, 6.45) is 4.34. The van der Waals surface area contributed by atoms with Gasteiger partial charge in [0, 0.05) is 0 Å². The van der Waals surface area contributed by atoms with Gasteiger partial charge in [0.2, 0.25) is 0 Å². The van der Waals surface area contributed by atoms with Gasteiger partial charge in [0.05, 0.1) is 6.54 Å². The maximum atomic E-state index is 11.1. The summed E-state index contributed by atoms with van der Waals surface area (Å²) in [6.45, 7) is 5.23. The van der Waals surface area contributed by atoms with Crippen LogP contribution in [0.1, 0.15) is 39.5 Å². The summed E-state index contributed by atoms with van der Waals surface area (Å²) in [5.41, 5.74) is -0.162. The molecule has 2 atom stereocenters. The van der Waals surface area contributed by atoms with Gasteiger partial charge in [-0.2, -0.15) is 0 Å². The second-order valence-corrected chi connectivity index (χ2v) is 5.03. The monoisotopic (exact) mass is 197 g/mol. The Morgan fingerprint density at radius 2 is 2.36 bits per heavy atom. The number of amides is 1. The van der Waals surface area contributed by atoms with E-state index in [1.807, 2.05) is 0 Å². The molecule has 1 amide bonds. The van der Waals surface area contributed by atoms with E-state index in [9.17, 15) is 4.79 Å². The summed E-state index contributed by atoms with van der Waals surface area (Å²) in [5, 5.41) is 2.78. The molecule has 2 rings (SSSR count). The molecule has 0 aromatic rings. The van der Waals surface area contributed by atoms with Crippen molar-refractivity contribution in [1.82, 2.24) is 5.32 Å². The number of rotatable bonds is 1. The fourth-order valence-electron chi connectivity index (χ4n) is 2.69. The lowest BCUT2D eigenvalue weighted by molar-refractivity contribution is -0.00140. The summed E-state index contributed by atoms with van der Waals surface area (Å²) in [6, 6.07) is 0. The van der Waals surface area contributed by atoms with E-state index < -0.39 is 0 Å². The van der Waals surface area contributed by atoms with E-state index in [0.29, 0.717) is 5.92 Å². The highest BCUT2D eigenvalue weighted by Crippen LogP contribution is 2.39. The predicted octanol–water partition coefficient (Wildman–Crippen LogP) is 2.31. The number of alkyl carbamates (subject to hydrolysis) is 1. The zero-order valence-corrected chi connectivity index (χ0v) is 9.01. The van der Waals surface area contributed by atoms with Crippen molar-refractivity contribution in [2.45, 2.75) is 45.1 Å². The number of ether oxygens (including phenoxy) is 1. The van der Waals surface area contributed by atoms with Gasteiger partial charge >= 0.3 is 6.09 Å². The molecule has 80 valence electrons. The Kier molecular flexibility index (Phi) is 2.41. The van der Waals surface area contributed by atoms with Gasteiger partial charge in [0.1, 0.15) is 5.60 Å². The molecule has 1 saturated carbocycles. The molecule has 2 unspecified atom stereocenters. The topological polar surface area (TPSA) is 38.3 Å². The van der Waals surface area contributed by atoms with Gasteiger partial charge in [0.25, 0.3) is 0 Å². The van der Waals surface area contributed by atoms with Crippen molar-refractivity contribution in [1.29, 1.82) is 0 Å². The first-order valence-electron chi connectivity index (χ1n) is 5.58. The SMILES string of the molecule is CC(C)C1CCCC2(CNC(=O)O2)C1. The zero-order chi connectivity index (χ0) is 10.2. The molecule has 2 fully saturated rings. The predicted molar refractivity (Wildman–Crippen MR) is 54.0 cm³/mol. The Hall–Kier alpha value is -0.730. The third-order valence-electron chi connectivity index (χ3n) is 3.65. The van der Waals surface area contributed by atoms with Crippen LogP contribution in [0.2, 0.25) is 0 Å². The van der Waals surface area contributed by atoms with Gasteiger partial charge in [-0.1, -0.05) is 13.8 Å². The fourth-order valence-corrected chi connectivity index (χ4v) is 2.69. The van der Waals surface area contributed by atoms with E-state index in [0.717, 1.165) is 25.3 Å². The maximum absolute atomic E-state index is 11.1. The molecule has 1 N–H and O–H groups in total. The third kappa shape index (κ3) is 1.72. The van der Waals surface area contributed by atoms with Crippen LogP contribution in [0.3, 0.4) is 0 Å². The van der Waals surface area contributed by atoms with Crippen LogP contribution in [0, 0.1) is 11.8 Å². The Bertz CT molecular complexity index is 239. The lowest BCUT2D eigenvalue weighted by Crippen LogP contribution is -2.40. The molecule has 0 bridgehead atoms. The van der Waals surface area contributed by atoms with E-state index in [4.69, 9.17) is 4.74 Å². The average molecular weight is 197 g/mol. The van der Waals surface area contributed by atoms with E-state index in [-0.39, 0.29) is 11.7 Å². The Balaban J connectivity index is 2.03. The van der Waals surface area contributed by atoms with Crippen LogP contribution >= 0.6 is 0 Å². The van der Waals surface area contributed by atoms with Crippen molar-refractivity contribution >= 4 is 6.09 Å². The molecule has 1 aliphatic carbocycles. The van der Waals surface area contributed by atoms with E-state index in [2.05, 4.69) is 19.2 Å². The molecule has 1 heterocycles. The summed E-state index contributed by atoms with van der Waals surface area (Å²) in [5.74, 6) is 1.42. The Labute approximate surface area is 85.2 Å². The van der Waals surface area contributed by atoms with Crippen LogP contribution in [0.5, 0.6) is 0 Å². The molecule has 0 aromatic carbocycles. The van der Waals surface area contributed by atoms with Gasteiger partial charge < -0.3 is 10.1 Å². The van der Waals surface area contributed by atoms with Gasteiger partial charge in [-0.25, -0.2) is 4.79 Å². The van der Waals surface area contributed by atoms with Crippen LogP contribution in [0.25, 0.3) is 0 Å². The third-order valence-corrected chi connectivity index (χ3v) is 3.65. The van der Waals surface area contributed by atoms with Crippen LogP contribution in [-0.4, -0.2) is 18.2 Å². The van der Waals surface area contributed by atoms with Crippen LogP contribution in [0.4, 0.5) is 4.79 Å². The first kappa shape index (κ1) is 9.81. The van der Waals surface area contributed by atoms with E-state index >= 15 is 0 Å². The molecule has 1 saturated heterocycles. The van der Waals surface area contributed by atoms with Crippen LogP contribution < -0.4 is 5.32 Å². The molecule has 3 heteroatoms. The zero-order valence-electron chi connectivity index (χ0n) is 9.01. The molecular formula is C11H19NO2. The minimum Gasteiger partial charge on any atom is -0.441 e. The molecule has 3 nitrogen and oxygen atoms in total. The van der Waals surface area contributed by atoms with E-state index in [1.54, 1.807) is 0 Å². The second kappa shape index (κ2) is 3.44. The van der Waals surface area contributed by atoms with Gasteiger partial charge in [-0.3, -0.25) is 0 Å². The molecule has 1 aliphatic heterocycles. The largest absolute Gasteiger partial charge is 0.441 e. The van der Waals surface area contributed by atoms with Crippen molar-refractivity contribution in [2.75, 3.05) is 6.54 Å². The van der Waals surface area contributed by atoms with Crippen molar-refractivity contribution in [2.24, 2.45) is 11.8 Å². The number of nitrogens with one attached hydrogen (secondary N) is 1. The molecular weight excluding hydrogens is 178 g/mol. The fraction of sp³-hybridized carbons (Fsp3) is 0.909. The first-order valence-corrected chi connectivity index (χ1v) is 5.58. The number of carbonyl (C=O) groups is 1. The quantitative estimate of drug-likeness (QED) is 0.700. The Morgan fingerprint density at radius 3 is 2.93 bits per heavy atom. The second-order valence-electron chi connectivity index (χ2n) is 5.03. The summed E-state index contributed by atoms with van der Waals surface area (Å²) >= 11 is 0. The van der Waals surface area contributed by atoms with Crippen molar-refractivity contribution in [3.8, 4) is 0 Å². The van der Waals surface area contributed by atoms with Gasteiger partial charge in [-0.05, 0) is 37.5 Å². The van der Waals surface area contributed by atoms with Crippen LogP contribution in [-0.2, 0) is 4.74 Å². The summed E-state index contributed by atoms with van der Waals surface area (Å²) in [7, 11) is 0. The summed E-state index contributed by atoms with van der Waals surface area (Å²) < 4.78 is 5.42. The lowest BCUT2D eigenvalue weighted by Gasteiger charge is -2.37. The molecule has 14 heavy (non-hydrogen) atoms. The van der Waals surface area contributed by atoms with Gasteiger partial charge in [-0.15, -0.1) is 0 Å². The highest BCUT2D eigenvalue weighted by Gasteiger charge is 2.44. The maximum Gasteiger partial charge on any atom is 0.407 e. The Morgan fingerprint density at radius 1 is 1.57 bits per heavy atom. The molecule has 0 aromatic heterocycles. The standard InChI is InChI=1S/C11H19NO2/c1-8(2)9-4-3-5-11(6-9)7-12-10(13)14-11/h8-9H,3-7H2,1-2H3,(H,12,13). The average Bonchev–Trinajstić information content (AvgIpc) is 2.47. The minimum atomic E-state index is -0.227. The number of carbonyl (C=O) groups excluding carboxylic acids is 1. The van der Waals surface area contributed by atoms with Crippen molar-refractivity contribution < 1.29 is 9.53 Å². The summed E-state index contributed by atoms with van der Waals surface area (Å²) in [4.78, 5) is 11.1. The van der Waals surface area contributed by atoms with Crippen molar-refractivity contribution in [3.05, 3.63) is 0 Å². The lowest BCUT2D eigenvalue weighted by atomic mass is 9.74. The minimum absolute atomic E-state index is 0.162. The molecule has 1 spiro atoms. The molecule has 2 aliphatic rings. The highest BCUT2D eigenvalue weighted by molar-refractivity contribution is 5.70. The highest BCUT2D eigenvalue weighted by atomic mass is 16.6. The van der Waals surface area contributed by atoms with Crippen molar-refractivity contribution in [3.63, 3.8) is 0 Å². The van der Waals surface area contributed by atoms with E-state index in [1.165, 1.54) is 12.8 Å². The van der Waals surface area contributed by atoms with Gasteiger partial charge in [0.15, 0.2) is 0 Å².